The lowest BCUT2D eigenvalue weighted by atomic mass is 10.0. The summed E-state index contributed by atoms with van der Waals surface area (Å²) in [4.78, 5) is 0. The Hall–Kier alpha value is -1.80. The van der Waals surface area contributed by atoms with Crippen molar-refractivity contribution in [3.63, 3.8) is 0 Å². The van der Waals surface area contributed by atoms with Crippen LogP contribution in [0.25, 0.3) is 11.1 Å². The van der Waals surface area contributed by atoms with Crippen LogP contribution in [0.4, 0.5) is 0 Å². The van der Waals surface area contributed by atoms with Crippen molar-refractivity contribution in [1.82, 2.24) is 0 Å². The van der Waals surface area contributed by atoms with Gasteiger partial charge in [0.05, 0.1) is 12.7 Å². The molecular formula is C23H32O2. The first-order valence-electron chi connectivity index (χ1n) is 9.69. The molecule has 136 valence electrons. The summed E-state index contributed by atoms with van der Waals surface area (Å²) >= 11 is 0. The topological polar surface area (TPSA) is 18.5 Å². The van der Waals surface area contributed by atoms with E-state index in [1.54, 1.807) is 0 Å². The summed E-state index contributed by atoms with van der Waals surface area (Å²) in [5.41, 5.74) is 3.66. The van der Waals surface area contributed by atoms with Crippen molar-refractivity contribution in [2.75, 3.05) is 13.2 Å². The van der Waals surface area contributed by atoms with Crippen molar-refractivity contribution in [1.29, 1.82) is 0 Å². The van der Waals surface area contributed by atoms with Crippen LogP contribution in [0.2, 0.25) is 0 Å². The van der Waals surface area contributed by atoms with Gasteiger partial charge in [0.2, 0.25) is 0 Å². The standard InChI is InChI=1S/C23H32O2/c1-4-6-7-8-18-25-23-15-13-22(14-16-23)21-11-9-20(10-12-21)19(3)24-17-5-2/h9-16,19H,4-8,17-18H2,1-3H3. The van der Waals surface area contributed by atoms with Gasteiger partial charge < -0.3 is 9.47 Å². The highest BCUT2D eigenvalue weighted by atomic mass is 16.5. The minimum Gasteiger partial charge on any atom is -0.494 e. The molecule has 0 saturated heterocycles. The lowest BCUT2D eigenvalue weighted by molar-refractivity contribution is 0.0663. The molecule has 0 aromatic heterocycles. The molecule has 0 fully saturated rings. The quantitative estimate of drug-likeness (QED) is 0.419. The summed E-state index contributed by atoms with van der Waals surface area (Å²) in [5.74, 6) is 0.957. The van der Waals surface area contributed by atoms with E-state index in [1.807, 2.05) is 0 Å². The van der Waals surface area contributed by atoms with E-state index in [-0.39, 0.29) is 6.10 Å². The first-order valence-corrected chi connectivity index (χ1v) is 9.69. The van der Waals surface area contributed by atoms with Crippen LogP contribution in [0.15, 0.2) is 48.5 Å². The van der Waals surface area contributed by atoms with Crippen LogP contribution < -0.4 is 4.74 Å². The molecule has 2 aromatic rings. The Bertz CT molecular complexity index is 586. The van der Waals surface area contributed by atoms with Crippen LogP contribution >= 0.6 is 0 Å². The Morgan fingerprint density at radius 3 is 1.96 bits per heavy atom. The Labute approximate surface area is 153 Å². The summed E-state index contributed by atoms with van der Waals surface area (Å²) in [6, 6.07) is 17.1. The van der Waals surface area contributed by atoms with E-state index in [0.717, 1.165) is 31.8 Å². The summed E-state index contributed by atoms with van der Waals surface area (Å²) in [5, 5.41) is 0. The summed E-state index contributed by atoms with van der Waals surface area (Å²) in [7, 11) is 0. The molecule has 0 aliphatic heterocycles. The Morgan fingerprint density at radius 1 is 0.720 bits per heavy atom. The molecule has 0 amide bonds. The maximum absolute atomic E-state index is 5.81. The van der Waals surface area contributed by atoms with E-state index < -0.39 is 0 Å². The SMILES string of the molecule is CCCCCCOc1ccc(-c2ccc(C(C)OCCC)cc2)cc1. The van der Waals surface area contributed by atoms with Gasteiger partial charge >= 0.3 is 0 Å². The third kappa shape index (κ3) is 6.55. The smallest absolute Gasteiger partial charge is 0.119 e. The first-order chi connectivity index (χ1) is 12.2. The Balaban J connectivity index is 1.88. The first kappa shape index (κ1) is 19.5. The van der Waals surface area contributed by atoms with Gasteiger partial charge in [-0.15, -0.1) is 0 Å². The monoisotopic (exact) mass is 340 g/mol. The molecule has 25 heavy (non-hydrogen) atoms. The predicted octanol–water partition coefficient (Wildman–Crippen LogP) is 6.80. The molecule has 0 bridgehead atoms. The fourth-order valence-electron chi connectivity index (χ4n) is 2.80. The second-order valence-corrected chi connectivity index (χ2v) is 6.57. The van der Waals surface area contributed by atoms with E-state index in [1.165, 1.54) is 36.0 Å². The van der Waals surface area contributed by atoms with Crippen LogP contribution in [0.5, 0.6) is 5.75 Å². The van der Waals surface area contributed by atoms with Crippen molar-refractivity contribution in [3.8, 4) is 16.9 Å². The highest BCUT2D eigenvalue weighted by molar-refractivity contribution is 5.64. The number of benzene rings is 2. The van der Waals surface area contributed by atoms with Gasteiger partial charge in [0.15, 0.2) is 0 Å². The molecule has 0 N–H and O–H groups in total. The summed E-state index contributed by atoms with van der Waals surface area (Å²) < 4.78 is 11.6. The van der Waals surface area contributed by atoms with Gasteiger partial charge in [-0.25, -0.2) is 0 Å². The van der Waals surface area contributed by atoms with E-state index in [9.17, 15) is 0 Å². The van der Waals surface area contributed by atoms with Crippen molar-refractivity contribution in [2.24, 2.45) is 0 Å². The molecule has 0 aliphatic rings. The van der Waals surface area contributed by atoms with Gasteiger partial charge in [-0.2, -0.15) is 0 Å². The van der Waals surface area contributed by atoms with Crippen molar-refractivity contribution in [3.05, 3.63) is 54.1 Å². The van der Waals surface area contributed by atoms with Crippen LogP contribution in [-0.4, -0.2) is 13.2 Å². The lowest BCUT2D eigenvalue weighted by Gasteiger charge is -2.13. The van der Waals surface area contributed by atoms with Crippen LogP contribution in [0, 0.1) is 0 Å². The molecule has 2 nitrogen and oxygen atoms in total. The molecule has 1 unspecified atom stereocenters. The van der Waals surface area contributed by atoms with Gasteiger partial charge in [0.1, 0.15) is 5.75 Å². The fourth-order valence-corrected chi connectivity index (χ4v) is 2.80. The van der Waals surface area contributed by atoms with E-state index in [2.05, 4.69) is 69.3 Å². The third-order valence-electron chi connectivity index (χ3n) is 4.41. The molecular weight excluding hydrogens is 308 g/mol. The highest BCUT2D eigenvalue weighted by Gasteiger charge is 2.06. The molecule has 1 atom stereocenters. The fraction of sp³-hybridized carbons (Fsp3) is 0.478. The summed E-state index contributed by atoms with van der Waals surface area (Å²) in [6.45, 7) is 8.09. The van der Waals surface area contributed by atoms with Crippen LogP contribution in [0.1, 0.15) is 64.5 Å². The molecule has 0 radical (unpaired) electrons. The van der Waals surface area contributed by atoms with Gasteiger partial charge in [0, 0.05) is 6.61 Å². The average Bonchev–Trinajstić information content (AvgIpc) is 2.66. The maximum atomic E-state index is 5.81. The zero-order valence-corrected chi connectivity index (χ0v) is 16.0. The average molecular weight is 341 g/mol. The zero-order valence-electron chi connectivity index (χ0n) is 16.0. The number of unbranched alkanes of at least 4 members (excludes halogenated alkanes) is 3. The maximum Gasteiger partial charge on any atom is 0.119 e. The normalized spacial score (nSPS) is 12.1. The van der Waals surface area contributed by atoms with E-state index in [4.69, 9.17) is 9.47 Å². The minimum atomic E-state index is 0.150. The van der Waals surface area contributed by atoms with Crippen LogP contribution in [-0.2, 0) is 4.74 Å². The van der Waals surface area contributed by atoms with Gasteiger partial charge in [-0.3, -0.25) is 0 Å². The minimum absolute atomic E-state index is 0.150. The van der Waals surface area contributed by atoms with Crippen molar-refractivity contribution >= 4 is 0 Å². The number of hydrogen-bond acceptors (Lipinski definition) is 2. The second kappa shape index (κ2) is 10.9. The highest BCUT2D eigenvalue weighted by Crippen LogP contribution is 2.25. The van der Waals surface area contributed by atoms with Gasteiger partial charge in [0.25, 0.3) is 0 Å². The molecule has 2 rings (SSSR count). The number of rotatable bonds is 11. The molecule has 0 heterocycles. The number of ether oxygens (including phenoxy) is 2. The lowest BCUT2D eigenvalue weighted by Crippen LogP contribution is -2.00. The Morgan fingerprint density at radius 2 is 1.36 bits per heavy atom. The Kier molecular flexibility index (Phi) is 8.54. The van der Waals surface area contributed by atoms with E-state index in [0.29, 0.717) is 0 Å². The second-order valence-electron chi connectivity index (χ2n) is 6.57. The molecule has 0 aliphatic carbocycles. The molecule has 2 heteroatoms. The van der Waals surface area contributed by atoms with Gasteiger partial charge in [-0.1, -0.05) is 69.5 Å². The summed E-state index contributed by atoms with van der Waals surface area (Å²) in [6.07, 6.45) is 6.14. The van der Waals surface area contributed by atoms with Crippen molar-refractivity contribution in [2.45, 2.75) is 59.0 Å². The van der Waals surface area contributed by atoms with Crippen molar-refractivity contribution < 1.29 is 9.47 Å². The zero-order chi connectivity index (χ0) is 17.9. The van der Waals surface area contributed by atoms with Crippen LogP contribution in [0.3, 0.4) is 0 Å². The molecule has 0 saturated carbocycles. The molecule has 2 aromatic carbocycles. The van der Waals surface area contributed by atoms with E-state index >= 15 is 0 Å². The largest absolute Gasteiger partial charge is 0.494 e. The van der Waals surface area contributed by atoms with Gasteiger partial charge in [-0.05, 0) is 48.6 Å². The third-order valence-corrected chi connectivity index (χ3v) is 4.41. The molecule has 0 spiro atoms. The predicted molar refractivity (Wildman–Crippen MR) is 106 cm³/mol. The number of hydrogen-bond donors (Lipinski definition) is 0.